The van der Waals surface area contributed by atoms with Crippen molar-refractivity contribution in [2.24, 2.45) is 0 Å². The number of halogens is 2. The summed E-state index contributed by atoms with van der Waals surface area (Å²) in [6, 6.07) is 19.0. The van der Waals surface area contributed by atoms with Crippen LogP contribution >= 0.6 is 0 Å². The van der Waals surface area contributed by atoms with Crippen molar-refractivity contribution in [2.75, 3.05) is 5.32 Å². The molecular weight excluding hydrogens is 418 g/mol. The Morgan fingerprint density at radius 3 is 2.34 bits per heavy atom. The first-order valence-electron chi connectivity index (χ1n) is 9.54. The van der Waals surface area contributed by atoms with Gasteiger partial charge in [-0.3, -0.25) is 14.2 Å². The fourth-order valence-electron chi connectivity index (χ4n) is 3.09. The van der Waals surface area contributed by atoms with Gasteiger partial charge in [-0.2, -0.15) is 9.78 Å². The van der Waals surface area contributed by atoms with Crippen molar-refractivity contribution in [3.63, 3.8) is 0 Å². The number of rotatable bonds is 5. The minimum atomic E-state index is -1.00. The topological polar surface area (TPSA) is 86.0 Å². The van der Waals surface area contributed by atoms with Crippen LogP contribution in [0.15, 0.2) is 88.5 Å². The van der Waals surface area contributed by atoms with E-state index in [9.17, 15) is 23.2 Å². The summed E-state index contributed by atoms with van der Waals surface area (Å²) in [6.45, 7) is -0.403. The summed E-state index contributed by atoms with van der Waals surface area (Å²) in [6.07, 6.45) is 0. The Morgan fingerprint density at radius 1 is 0.906 bits per heavy atom. The summed E-state index contributed by atoms with van der Waals surface area (Å²) < 4.78 is 29.3. The third-order valence-electron chi connectivity index (χ3n) is 4.64. The van der Waals surface area contributed by atoms with Gasteiger partial charge in [0.15, 0.2) is 0 Å². The lowest BCUT2D eigenvalue weighted by atomic mass is 10.2. The molecule has 0 atom stereocenters. The quantitative estimate of drug-likeness (QED) is 0.523. The van der Waals surface area contributed by atoms with E-state index in [1.807, 2.05) is 0 Å². The fraction of sp³-hybridized carbons (Fsp3) is 0.0435. The van der Waals surface area contributed by atoms with Gasteiger partial charge in [0, 0.05) is 11.3 Å². The average Bonchev–Trinajstić information content (AvgIpc) is 2.78. The predicted octanol–water partition coefficient (Wildman–Crippen LogP) is 2.97. The number of carbonyl (C=O) groups excluding carboxylic acids is 1. The summed E-state index contributed by atoms with van der Waals surface area (Å²) in [5.74, 6) is -2.12. The van der Waals surface area contributed by atoms with Crippen molar-refractivity contribution < 1.29 is 13.6 Å². The van der Waals surface area contributed by atoms with Gasteiger partial charge in [-0.1, -0.05) is 42.5 Å². The van der Waals surface area contributed by atoms with Gasteiger partial charge in [-0.05, 0) is 36.4 Å². The van der Waals surface area contributed by atoms with Crippen LogP contribution in [0.3, 0.4) is 0 Å². The van der Waals surface area contributed by atoms with Crippen LogP contribution in [0.5, 0.6) is 0 Å². The van der Waals surface area contributed by atoms with Gasteiger partial charge in [0.2, 0.25) is 5.69 Å². The van der Waals surface area contributed by atoms with Crippen LogP contribution < -0.4 is 16.6 Å². The molecule has 3 aromatic carbocycles. The van der Waals surface area contributed by atoms with Gasteiger partial charge in [0.1, 0.15) is 11.6 Å². The zero-order chi connectivity index (χ0) is 22.7. The number of anilines is 1. The maximum Gasteiger partial charge on any atom is 0.352 e. The molecule has 0 unspecified atom stereocenters. The largest absolute Gasteiger partial charge is 0.352 e. The van der Waals surface area contributed by atoms with Gasteiger partial charge in [-0.15, -0.1) is 0 Å². The number of aromatic nitrogens is 3. The smallest absolute Gasteiger partial charge is 0.320 e. The molecule has 9 heteroatoms. The van der Waals surface area contributed by atoms with E-state index in [0.717, 1.165) is 15.3 Å². The fourth-order valence-corrected chi connectivity index (χ4v) is 3.09. The van der Waals surface area contributed by atoms with Crippen LogP contribution in [0.25, 0.3) is 5.69 Å². The Bertz CT molecular complexity index is 1410. The van der Waals surface area contributed by atoms with Crippen LogP contribution in [0, 0.1) is 11.6 Å². The highest BCUT2D eigenvalue weighted by Gasteiger charge is 2.21. The third kappa shape index (κ3) is 4.22. The Labute approximate surface area is 180 Å². The highest BCUT2D eigenvalue weighted by atomic mass is 19.1. The molecule has 0 aliphatic rings. The molecule has 0 saturated heterocycles. The maximum absolute atomic E-state index is 14.2. The zero-order valence-corrected chi connectivity index (χ0v) is 16.5. The van der Waals surface area contributed by atoms with Crippen LogP contribution in [0.1, 0.15) is 16.1 Å². The molecule has 0 aliphatic carbocycles. The van der Waals surface area contributed by atoms with Crippen molar-refractivity contribution in [1.82, 2.24) is 14.3 Å². The molecule has 0 radical (unpaired) electrons. The van der Waals surface area contributed by atoms with Gasteiger partial charge < -0.3 is 5.32 Å². The number of nitrogens with zero attached hydrogens (tertiary/aromatic N) is 3. The van der Waals surface area contributed by atoms with Gasteiger partial charge in [0.25, 0.3) is 11.5 Å². The number of hydrogen-bond acceptors (Lipinski definition) is 4. The monoisotopic (exact) mass is 434 g/mol. The number of nitrogens with one attached hydrogen (secondary N) is 1. The van der Waals surface area contributed by atoms with Crippen LogP contribution in [0.4, 0.5) is 14.5 Å². The second kappa shape index (κ2) is 8.76. The Hall–Kier alpha value is -4.40. The second-order valence-electron chi connectivity index (χ2n) is 6.83. The lowest BCUT2D eigenvalue weighted by Crippen LogP contribution is -2.45. The van der Waals surface area contributed by atoms with E-state index in [-0.39, 0.29) is 11.3 Å². The third-order valence-corrected chi connectivity index (χ3v) is 4.64. The summed E-state index contributed by atoms with van der Waals surface area (Å²) in [4.78, 5) is 38.9. The summed E-state index contributed by atoms with van der Waals surface area (Å²) in [5, 5.41) is 6.35. The van der Waals surface area contributed by atoms with Crippen LogP contribution in [0.2, 0.25) is 0 Å². The average molecular weight is 434 g/mol. The van der Waals surface area contributed by atoms with Gasteiger partial charge >= 0.3 is 5.69 Å². The zero-order valence-electron chi connectivity index (χ0n) is 16.5. The van der Waals surface area contributed by atoms with Gasteiger partial charge in [-0.25, -0.2) is 13.6 Å². The van der Waals surface area contributed by atoms with Crippen LogP contribution in [-0.2, 0) is 6.54 Å². The molecule has 4 aromatic rings. The molecule has 1 aromatic heterocycles. The molecule has 0 saturated carbocycles. The number of carbonyl (C=O) groups is 1. The van der Waals surface area contributed by atoms with Gasteiger partial charge in [0.05, 0.1) is 12.2 Å². The van der Waals surface area contributed by atoms with E-state index in [4.69, 9.17) is 0 Å². The van der Waals surface area contributed by atoms with Crippen molar-refractivity contribution in [1.29, 1.82) is 0 Å². The molecule has 4 rings (SSSR count). The van der Waals surface area contributed by atoms with E-state index >= 15 is 0 Å². The van der Waals surface area contributed by atoms with Crippen molar-refractivity contribution >= 4 is 11.6 Å². The number of amides is 1. The number of para-hydroxylation sites is 1. The molecule has 1 amide bonds. The first-order chi connectivity index (χ1) is 15.4. The number of hydrogen-bond donors (Lipinski definition) is 1. The lowest BCUT2D eigenvalue weighted by molar-refractivity contribution is 0.101. The molecule has 0 fully saturated rings. The lowest BCUT2D eigenvalue weighted by Gasteiger charge is -2.12. The van der Waals surface area contributed by atoms with Crippen molar-refractivity contribution in [3.05, 3.63) is 123 Å². The van der Waals surface area contributed by atoms with Crippen molar-refractivity contribution in [3.8, 4) is 5.69 Å². The molecule has 32 heavy (non-hydrogen) atoms. The summed E-state index contributed by atoms with van der Waals surface area (Å²) >= 11 is 0. The Morgan fingerprint density at radius 2 is 1.62 bits per heavy atom. The minimum absolute atomic E-state index is 0.0917. The Balaban J connectivity index is 1.86. The molecule has 0 aliphatic heterocycles. The maximum atomic E-state index is 14.2. The predicted molar refractivity (Wildman–Crippen MR) is 114 cm³/mol. The molecular formula is C23H16F2N4O3. The van der Waals surface area contributed by atoms with Crippen molar-refractivity contribution in [2.45, 2.75) is 6.54 Å². The molecule has 0 spiro atoms. The first-order valence-corrected chi connectivity index (χ1v) is 9.54. The van der Waals surface area contributed by atoms with E-state index in [0.29, 0.717) is 5.69 Å². The second-order valence-corrected chi connectivity index (χ2v) is 6.83. The molecule has 7 nitrogen and oxygen atoms in total. The minimum Gasteiger partial charge on any atom is -0.320 e. The first kappa shape index (κ1) is 20.9. The normalized spacial score (nSPS) is 10.7. The SMILES string of the molecule is O=C(Nc1cccc(F)c1)c1nn(-c2ccccc2)c(=O)n(Cc2ccccc2F)c1=O. The molecule has 0 bridgehead atoms. The Kier molecular flexibility index (Phi) is 5.71. The van der Waals surface area contributed by atoms with E-state index < -0.39 is 41.0 Å². The molecule has 160 valence electrons. The van der Waals surface area contributed by atoms with E-state index in [1.165, 1.54) is 36.4 Å². The van der Waals surface area contributed by atoms with E-state index in [1.54, 1.807) is 36.4 Å². The van der Waals surface area contributed by atoms with Crippen LogP contribution in [-0.4, -0.2) is 20.3 Å². The standard InChI is InChI=1S/C23H16F2N4O3/c24-16-8-6-9-17(13-16)26-21(30)20-22(31)28(14-15-7-4-5-12-19(15)25)23(32)29(27-20)18-10-2-1-3-11-18/h1-13H,14H2,(H,26,30). The summed E-state index contributed by atoms with van der Waals surface area (Å²) in [7, 11) is 0. The summed E-state index contributed by atoms with van der Waals surface area (Å²) in [5.41, 5.74) is -1.94. The highest BCUT2D eigenvalue weighted by molar-refractivity contribution is 6.02. The molecule has 1 N–H and O–H groups in total. The highest BCUT2D eigenvalue weighted by Crippen LogP contribution is 2.11. The molecule has 1 heterocycles. The van der Waals surface area contributed by atoms with E-state index in [2.05, 4.69) is 10.4 Å². The number of benzene rings is 3.